The molecule has 0 unspecified atom stereocenters. The summed E-state index contributed by atoms with van der Waals surface area (Å²) in [5.74, 6) is 0.259. The van der Waals surface area contributed by atoms with Crippen LogP contribution in [0.3, 0.4) is 0 Å². The molecule has 5 heteroatoms. The molecule has 23 heavy (non-hydrogen) atoms. The standard InChI is InChI=1S/C18H23N5/c1-3-5-7-14(6-4-2)13-23-11-10-15-12-16(8-9-17(15)23)18(19)21-22-20/h3,5-6,8-12H,4,7,13H2,1-2H3,(H3,19,20,21)/b5-3-,14-6+. The number of nitrogens with two attached hydrogens (primary N) is 1. The van der Waals surface area contributed by atoms with Crippen molar-refractivity contribution in [2.24, 2.45) is 16.1 Å². The molecule has 0 fully saturated rings. The largest absolute Gasteiger partial charge is 0.382 e. The number of benzene rings is 1. The van der Waals surface area contributed by atoms with Crippen LogP contribution in [0.1, 0.15) is 32.3 Å². The van der Waals surface area contributed by atoms with Crippen molar-refractivity contribution >= 4 is 16.7 Å². The van der Waals surface area contributed by atoms with Gasteiger partial charge in [0.1, 0.15) is 0 Å². The van der Waals surface area contributed by atoms with Gasteiger partial charge in [0.25, 0.3) is 0 Å². The van der Waals surface area contributed by atoms with E-state index in [1.807, 2.05) is 25.1 Å². The Kier molecular flexibility index (Phi) is 5.86. The molecule has 2 aromatic rings. The molecule has 0 amide bonds. The molecule has 0 saturated carbocycles. The minimum atomic E-state index is 0.259. The van der Waals surface area contributed by atoms with Crippen molar-refractivity contribution in [3.8, 4) is 0 Å². The fraction of sp³-hybridized carbons (Fsp3) is 0.278. The monoisotopic (exact) mass is 309 g/mol. The highest BCUT2D eigenvalue weighted by molar-refractivity contribution is 6.00. The number of rotatable bonds is 7. The Morgan fingerprint density at radius 3 is 2.87 bits per heavy atom. The van der Waals surface area contributed by atoms with Crippen LogP contribution in [0.25, 0.3) is 10.9 Å². The first kappa shape index (κ1) is 16.7. The van der Waals surface area contributed by atoms with E-state index < -0.39 is 0 Å². The second kappa shape index (κ2) is 8.08. The van der Waals surface area contributed by atoms with Gasteiger partial charge in [0.15, 0.2) is 5.84 Å². The van der Waals surface area contributed by atoms with Crippen LogP contribution in [0, 0.1) is 5.53 Å². The number of nitrogens with one attached hydrogen (secondary N) is 1. The molecular weight excluding hydrogens is 286 g/mol. The maximum Gasteiger partial charge on any atom is 0.155 e. The Bertz CT molecular complexity index is 765. The summed E-state index contributed by atoms with van der Waals surface area (Å²) in [6, 6.07) is 8.00. The Balaban J connectivity index is 2.31. The number of aromatic nitrogens is 1. The van der Waals surface area contributed by atoms with Crippen molar-refractivity contribution in [2.45, 2.75) is 33.2 Å². The lowest BCUT2D eigenvalue weighted by molar-refractivity contribution is 0.794. The Labute approximate surface area is 136 Å². The number of allylic oxidation sites excluding steroid dienone is 4. The Morgan fingerprint density at radius 1 is 1.35 bits per heavy atom. The molecular formula is C18H23N5. The van der Waals surface area contributed by atoms with E-state index in [4.69, 9.17) is 11.3 Å². The molecule has 0 bridgehead atoms. The first-order valence-corrected chi connectivity index (χ1v) is 7.77. The molecule has 2 rings (SSSR count). The molecule has 0 aliphatic rings. The predicted octanol–water partition coefficient (Wildman–Crippen LogP) is 4.60. The van der Waals surface area contributed by atoms with Crippen LogP contribution in [0.5, 0.6) is 0 Å². The third-order valence-corrected chi connectivity index (χ3v) is 3.71. The maximum absolute atomic E-state index is 6.76. The minimum Gasteiger partial charge on any atom is -0.382 e. The average Bonchev–Trinajstić information content (AvgIpc) is 2.95. The fourth-order valence-electron chi connectivity index (χ4n) is 2.60. The summed E-state index contributed by atoms with van der Waals surface area (Å²) in [5, 5.41) is 7.66. The topological polar surface area (TPSA) is 79.5 Å². The van der Waals surface area contributed by atoms with Crippen molar-refractivity contribution < 1.29 is 0 Å². The number of hydrogen-bond acceptors (Lipinski definition) is 2. The highest BCUT2D eigenvalue weighted by Gasteiger charge is 2.06. The van der Waals surface area contributed by atoms with Gasteiger partial charge in [-0.25, -0.2) is 0 Å². The van der Waals surface area contributed by atoms with Gasteiger partial charge in [0, 0.05) is 29.2 Å². The van der Waals surface area contributed by atoms with Crippen LogP contribution in [-0.2, 0) is 6.54 Å². The lowest BCUT2D eigenvalue weighted by atomic mass is 10.1. The van der Waals surface area contributed by atoms with Crippen molar-refractivity contribution in [1.29, 1.82) is 5.53 Å². The summed E-state index contributed by atoms with van der Waals surface area (Å²) in [7, 11) is 0. The smallest absolute Gasteiger partial charge is 0.155 e. The molecule has 1 aromatic carbocycles. The van der Waals surface area contributed by atoms with Gasteiger partial charge < -0.3 is 10.3 Å². The van der Waals surface area contributed by atoms with Gasteiger partial charge in [-0.1, -0.05) is 35.9 Å². The molecule has 0 radical (unpaired) electrons. The number of fused-ring (bicyclic) bond motifs is 1. The first-order chi connectivity index (χ1) is 11.2. The minimum absolute atomic E-state index is 0.259. The zero-order valence-corrected chi connectivity index (χ0v) is 13.7. The van der Waals surface area contributed by atoms with E-state index in [0.29, 0.717) is 0 Å². The third-order valence-electron chi connectivity index (χ3n) is 3.71. The summed E-state index contributed by atoms with van der Waals surface area (Å²) in [6.45, 7) is 5.09. The highest BCUT2D eigenvalue weighted by Crippen LogP contribution is 2.20. The van der Waals surface area contributed by atoms with Gasteiger partial charge in [-0.15, -0.1) is 5.10 Å². The summed E-state index contributed by atoms with van der Waals surface area (Å²) in [6.07, 6.45) is 10.7. The van der Waals surface area contributed by atoms with Crippen LogP contribution in [0.2, 0.25) is 0 Å². The van der Waals surface area contributed by atoms with Crippen LogP contribution in [0.15, 0.2) is 64.6 Å². The molecule has 1 aromatic heterocycles. The molecule has 1 heterocycles. The van der Waals surface area contributed by atoms with Crippen LogP contribution < -0.4 is 5.73 Å². The molecule has 0 aliphatic heterocycles. The van der Waals surface area contributed by atoms with Crippen molar-refractivity contribution in [2.75, 3.05) is 0 Å². The SMILES string of the molecule is C/C=C\C/C(=C\CC)Cn1ccc2cc(C(N)=NN=N)ccc21. The quantitative estimate of drug-likeness (QED) is 0.253. The van der Waals surface area contributed by atoms with E-state index >= 15 is 0 Å². The molecule has 120 valence electrons. The summed E-state index contributed by atoms with van der Waals surface area (Å²) < 4.78 is 2.24. The molecule has 0 saturated heterocycles. The highest BCUT2D eigenvalue weighted by atomic mass is 15.3. The van der Waals surface area contributed by atoms with Crippen LogP contribution >= 0.6 is 0 Å². The Morgan fingerprint density at radius 2 is 2.17 bits per heavy atom. The van der Waals surface area contributed by atoms with Gasteiger partial charge in [0.05, 0.1) is 0 Å². The van der Waals surface area contributed by atoms with Crippen LogP contribution in [0.4, 0.5) is 0 Å². The Hall–Kier alpha value is -2.69. The maximum atomic E-state index is 6.76. The molecule has 0 aliphatic carbocycles. The first-order valence-electron chi connectivity index (χ1n) is 7.77. The van der Waals surface area contributed by atoms with E-state index in [9.17, 15) is 0 Å². The van der Waals surface area contributed by atoms with Gasteiger partial charge in [-0.3, -0.25) is 0 Å². The zero-order valence-electron chi connectivity index (χ0n) is 13.7. The van der Waals surface area contributed by atoms with E-state index in [1.54, 1.807) is 0 Å². The van der Waals surface area contributed by atoms with Gasteiger partial charge >= 0.3 is 0 Å². The van der Waals surface area contributed by atoms with E-state index in [2.05, 4.69) is 52.3 Å². The number of nitrogens with zero attached hydrogens (tertiary/aromatic N) is 3. The van der Waals surface area contributed by atoms with Gasteiger partial charge in [-0.2, -0.15) is 5.53 Å². The molecule has 5 nitrogen and oxygen atoms in total. The molecule has 3 N–H and O–H groups in total. The number of amidine groups is 1. The van der Waals surface area contributed by atoms with E-state index in [1.165, 1.54) is 5.57 Å². The van der Waals surface area contributed by atoms with E-state index in [-0.39, 0.29) is 5.84 Å². The summed E-state index contributed by atoms with van der Waals surface area (Å²) in [4.78, 5) is 0. The van der Waals surface area contributed by atoms with Crippen molar-refractivity contribution in [1.82, 2.24) is 4.57 Å². The zero-order chi connectivity index (χ0) is 16.7. The summed E-state index contributed by atoms with van der Waals surface area (Å²) in [5.41, 5.74) is 15.9. The number of hydrogen-bond donors (Lipinski definition) is 2. The third kappa shape index (κ3) is 4.16. The fourth-order valence-corrected chi connectivity index (χ4v) is 2.60. The normalized spacial score (nSPS) is 13.1. The van der Waals surface area contributed by atoms with Crippen molar-refractivity contribution in [3.63, 3.8) is 0 Å². The lowest BCUT2D eigenvalue weighted by Crippen LogP contribution is -2.12. The second-order valence-electron chi connectivity index (χ2n) is 5.35. The molecule has 0 atom stereocenters. The average molecular weight is 309 g/mol. The van der Waals surface area contributed by atoms with Gasteiger partial charge in [-0.05, 0) is 44.0 Å². The summed E-state index contributed by atoms with van der Waals surface area (Å²) >= 11 is 0. The van der Waals surface area contributed by atoms with Crippen molar-refractivity contribution in [3.05, 3.63) is 59.8 Å². The van der Waals surface area contributed by atoms with Gasteiger partial charge in [0.2, 0.25) is 0 Å². The molecule has 0 spiro atoms. The lowest BCUT2D eigenvalue weighted by Gasteiger charge is -2.09. The van der Waals surface area contributed by atoms with E-state index in [0.717, 1.165) is 35.9 Å². The van der Waals surface area contributed by atoms with Crippen LogP contribution in [-0.4, -0.2) is 10.4 Å². The predicted molar refractivity (Wildman–Crippen MR) is 95.6 cm³/mol. The second-order valence-corrected chi connectivity index (χ2v) is 5.35.